The molecule has 0 heterocycles. The van der Waals surface area contributed by atoms with E-state index in [1.165, 1.54) is 11.8 Å². The molecule has 2 N–H and O–H groups in total. The smallest absolute Gasteiger partial charge is 0.312 e. The van der Waals surface area contributed by atoms with E-state index in [4.69, 9.17) is 9.99 Å². The molecule has 6 nitrogen and oxygen atoms in total. The van der Waals surface area contributed by atoms with Crippen molar-refractivity contribution in [1.82, 2.24) is 0 Å². The summed E-state index contributed by atoms with van der Waals surface area (Å²) in [6.07, 6.45) is 1.20. The van der Waals surface area contributed by atoms with E-state index >= 15 is 0 Å². The van der Waals surface area contributed by atoms with Gasteiger partial charge in [0, 0.05) is 5.75 Å². The zero-order valence-corrected chi connectivity index (χ0v) is 17.6. The highest BCUT2D eigenvalue weighted by molar-refractivity contribution is 7.99. The number of carboxylic acid groups (broad SMARTS) is 1. The molecule has 1 aromatic rings. The lowest BCUT2D eigenvalue weighted by molar-refractivity contribution is -0.201. The van der Waals surface area contributed by atoms with Crippen LogP contribution in [0.4, 0.5) is 0 Å². The zero-order chi connectivity index (χ0) is 21.2. The first-order valence-electron chi connectivity index (χ1n) is 9.18. The third kappa shape index (κ3) is 7.20. The molecule has 156 valence electrons. The number of hydrogen-bond donors (Lipinski definition) is 2. The number of carboxylic acids is 1. The maximum atomic E-state index is 12.9. The molecule has 0 aliphatic heterocycles. The topological polar surface area (TPSA) is 93.1 Å². The number of esters is 1. The minimum atomic E-state index is -0.899. The van der Waals surface area contributed by atoms with Crippen LogP contribution in [-0.2, 0) is 25.8 Å². The van der Waals surface area contributed by atoms with Gasteiger partial charge >= 0.3 is 11.9 Å². The minimum absolute atomic E-state index is 0.163. The maximum Gasteiger partial charge on any atom is 0.312 e. The van der Waals surface area contributed by atoms with E-state index in [2.05, 4.69) is 11.5 Å². The van der Waals surface area contributed by atoms with E-state index in [1.54, 1.807) is 13.8 Å². The fourth-order valence-corrected chi connectivity index (χ4v) is 3.63. The van der Waals surface area contributed by atoms with E-state index in [9.17, 15) is 14.7 Å². The summed E-state index contributed by atoms with van der Waals surface area (Å²) in [6.45, 7) is 9.02. The lowest BCUT2D eigenvalue weighted by Crippen LogP contribution is -2.36. The third-order valence-electron chi connectivity index (χ3n) is 5.04. The van der Waals surface area contributed by atoms with Gasteiger partial charge in [-0.05, 0) is 38.7 Å². The molecular weight excluding hydrogens is 380 g/mol. The van der Waals surface area contributed by atoms with Gasteiger partial charge in [-0.25, -0.2) is 5.26 Å². The third-order valence-corrected chi connectivity index (χ3v) is 6.41. The Kier molecular flexibility index (Phi) is 9.55. The Morgan fingerprint density at radius 2 is 1.75 bits per heavy atom. The quantitative estimate of drug-likeness (QED) is 0.210. The minimum Gasteiger partial charge on any atom is -0.481 e. The van der Waals surface area contributed by atoms with Crippen LogP contribution in [0.25, 0.3) is 0 Å². The van der Waals surface area contributed by atoms with Crippen LogP contribution >= 0.6 is 11.8 Å². The highest BCUT2D eigenvalue weighted by Gasteiger charge is 2.39. The number of rotatable bonds is 13. The van der Waals surface area contributed by atoms with E-state index in [0.717, 1.165) is 5.56 Å². The van der Waals surface area contributed by atoms with Gasteiger partial charge < -0.3 is 14.7 Å². The highest BCUT2D eigenvalue weighted by atomic mass is 32.2. The molecule has 0 aromatic heterocycles. The summed E-state index contributed by atoms with van der Waals surface area (Å²) in [6, 6.07) is 9.39. The number of hydrogen-bond acceptors (Lipinski definition) is 6. The van der Waals surface area contributed by atoms with Crippen molar-refractivity contribution in [3.8, 4) is 0 Å². The van der Waals surface area contributed by atoms with Crippen molar-refractivity contribution in [2.75, 3.05) is 11.5 Å². The van der Waals surface area contributed by atoms with Gasteiger partial charge in [0.05, 0.1) is 16.6 Å². The van der Waals surface area contributed by atoms with Gasteiger partial charge in [-0.2, -0.15) is 11.8 Å². The molecule has 2 unspecified atom stereocenters. The number of ether oxygens (including phenoxy) is 1. The maximum absolute atomic E-state index is 12.9. The average Bonchev–Trinajstić information content (AvgIpc) is 2.70. The number of benzene rings is 1. The van der Waals surface area contributed by atoms with Crippen molar-refractivity contribution >= 4 is 23.7 Å². The number of carbonyl (C=O) groups excluding carboxylic acids is 1. The van der Waals surface area contributed by atoms with Crippen LogP contribution in [0.2, 0.25) is 0 Å². The van der Waals surface area contributed by atoms with Crippen molar-refractivity contribution in [3.63, 3.8) is 0 Å². The largest absolute Gasteiger partial charge is 0.481 e. The van der Waals surface area contributed by atoms with Crippen LogP contribution in [0.5, 0.6) is 0 Å². The number of carbonyl (C=O) groups is 2. The standard InChI is InChI=1S/C21H30O6S/c1-5-20(3,18(22)23)11-12-21(4,15-28-14-16(2)27-25)19(24)26-13-17-9-7-6-8-10-17/h6-10,25H,2,5,11-15H2,1,3-4H3,(H,22,23). The molecule has 7 heteroatoms. The zero-order valence-electron chi connectivity index (χ0n) is 16.8. The Morgan fingerprint density at radius 3 is 2.29 bits per heavy atom. The van der Waals surface area contributed by atoms with E-state index < -0.39 is 16.8 Å². The molecule has 0 bridgehead atoms. The van der Waals surface area contributed by atoms with E-state index in [1.807, 2.05) is 37.3 Å². The van der Waals surface area contributed by atoms with Gasteiger partial charge in [0.15, 0.2) is 0 Å². The first-order valence-corrected chi connectivity index (χ1v) is 10.3. The molecule has 0 saturated carbocycles. The van der Waals surface area contributed by atoms with Crippen molar-refractivity contribution in [3.05, 3.63) is 48.2 Å². The summed E-state index contributed by atoms with van der Waals surface area (Å²) in [5.41, 5.74) is -0.887. The molecule has 0 aliphatic carbocycles. The molecule has 0 aliphatic rings. The van der Waals surface area contributed by atoms with E-state index in [0.29, 0.717) is 30.8 Å². The van der Waals surface area contributed by atoms with Crippen molar-refractivity contribution in [2.24, 2.45) is 10.8 Å². The monoisotopic (exact) mass is 410 g/mol. The highest BCUT2D eigenvalue weighted by Crippen LogP contribution is 2.37. The van der Waals surface area contributed by atoms with Crippen LogP contribution in [-0.4, -0.2) is 33.8 Å². The second-order valence-electron chi connectivity index (χ2n) is 7.46. The lowest BCUT2D eigenvalue weighted by atomic mass is 9.76. The Balaban J connectivity index is 2.84. The molecule has 28 heavy (non-hydrogen) atoms. The van der Waals surface area contributed by atoms with Crippen LogP contribution in [0.15, 0.2) is 42.7 Å². The number of aliphatic carboxylic acids is 1. The predicted molar refractivity (Wildman–Crippen MR) is 110 cm³/mol. The summed E-state index contributed by atoms with van der Waals surface area (Å²) >= 11 is 1.38. The Hall–Kier alpha value is -1.99. The van der Waals surface area contributed by atoms with Crippen molar-refractivity contribution in [2.45, 2.75) is 46.6 Å². The SMILES string of the molecule is C=C(CSCC(C)(CCC(C)(CC)C(=O)O)C(=O)OCc1ccccc1)OO. The molecule has 0 saturated heterocycles. The second kappa shape index (κ2) is 11.1. The van der Waals surface area contributed by atoms with Gasteiger partial charge in [-0.1, -0.05) is 43.8 Å². The van der Waals surface area contributed by atoms with Gasteiger partial charge in [0.2, 0.25) is 0 Å². The number of thioether (sulfide) groups is 1. The fourth-order valence-electron chi connectivity index (χ4n) is 2.53. The Bertz CT molecular complexity index is 662. The van der Waals surface area contributed by atoms with Crippen molar-refractivity contribution in [1.29, 1.82) is 0 Å². The summed E-state index contributed by atoms with van der Waals surface area (Å²) in [4.78, 5) is 28.6. The summed E-state index contributed by atoms with van der Waals surface area (Å²) < 4.78 is 5.53. The first-order chi connectivity index (χ1) is 13.2. The molecule has 2 atom stereocenters. The van der Waals surface area contributed by atoms with Crippen LogP contribution in [0, 0.1) is 10.8 Å². The lowest BCUT2D eigenvalue weighted by Gasteiger charge is -2.31. The molecule has 0 spiro atoms. The molecule has 0 radical (unpaired) electrons. The Morgan fingerprint density at radius 1 is 1.14 bits per heavy atom. The van der Waals surface area contributed by atoms with Crippen molar-refractivity contribution < 1.29 is 29.6 Å². The summed E-state index contributed by atoms with van der Waals surface area (Å²) in [7, 11) is 0. The molecule has 0 fully saturated rings. The molecule has 1 aromatic carbocycles. The normalized spacial score (nSPS) is 15.1. The molecule has 1 rings (SSSR count). The van der Waals surface area contributed by atoms with Gasteiger partial charge in [0.25, 0.3) is 0 Å². The first kappa shape index (κ1) is 24.0. The van der Waals surface area contributed by atoms with E-state index in [-0.39, 0.29) is 18.3 Å². The van der Waals surface area contributed by atoms with Gasteiger partial charge in [-0.15, -0.1) is 0 Å². The van der Waals surface area contributed by atoms with Gasteiger partial charge in [-0.3, -0.25) is 9.59 Å². The molecular formula is C21H30O6S. The average molecular weight is 411 g/mol. The second-order valence-corrected chi connectivity index (χ2v) is 8.45. The van der Waals surface area contributed by atoms with Crippen LogP contribution < -0.4 is 0 Å². The molecule has 0 amide bonds. The Labute approximate surface area is 170 Å². The fraction of sp³-hybridized carbons (Fsp3) is 0.524. The summed E-state index contributed by atoms with van der Waals surface area (Å²) in [5.74, 6) is -0.341. The summed E-state index contributed by atoms with van der Waals surface area (Å²) in [5, 5.41) is 18.1. The van der Waals surface area contributed by atoms with Crippen LogP contribution in [0.3, 0.4) is 0 Å². The van der Waals surface area contributed by atoms with Gasteiger partial charge in [0.1, 0.15) is 12.4 Å². The predicted octanol–water partition coefficient (Wildman–Crippen LogP) is 4.75. The van der Waals surface area contributed by atoms with Crippen LogP contribution in [0.1, 0.15) is 45.6 Å².